The fourth-order valence-electron chi connectivity index (χ4n) is 1.53. The first-order valence-corrected chi connectivity index (χ1v) is 4.57. The van der Waals surface area contributed by atoms with Crippen LogP contribution in [0.4, 0.5) is 0 Å². The second-order valence-electron chi connectivity index (χ2n) is 3.95. The van der Waals surface area contributed by atoms with Crippen molar-refractivity contribution in [2.75, 3.05) is 0 Å². The van der Waals surface area contributed by atoms with Crippen molar-refractivity contribution in [3.05, 3.63) is 35.5 Å². The number of allylic oxidation sites excluding steroid dienone is 4. The summed E-state index contributed by atoms with van der Waals surface area (Å²) in [7, 11) is 0. The molecule has 2 aliphatic rings. The molecular weight excluding hydrogens is 146 g/mol. The molecule has 64 valence electrons. The van der Waals surface area contributed by atoms with E-state index in [2.05, 4.69) is 24.3 Å². The van der Waals surface area contributed by atoms with Crippen molar-refractivity contribution in [2.45, 2.75) is 31.7 Å². The molecule has 0 amide bonds. The van der Waals surface area contributed by atoms with Gasteiger partial charge in [-0.3, -0.25) is 0 Å². The third kappa shape index (κ3) is 1.37. The van der Waals surface area contributed by atoms with Crippen LogP contribution in [0, 0.1) is 0 Å². The average molecular weight is 161 g/mol. The van der Waals surface area contributed by atoms with Gasteiger partial charge in [-0.1, -0.05) is 29.9 Å². The summed E-state index contributed by atoms with van der Waals surface area (Å²) in [4.78, 5) is 0. The van der Waals surface area contributed by atoms with Crippen LogP contribution in [0.2, 0.25) is 0 Å². The second kappa shape index (κ2) is 2.60. The number of nitrogens with two attached hydrogens (primary N) is 1. The zero-order valence-corrected chi connectivity index (χ0v) is 7.51. The van der Waals surface area contributed by atoms with Crippen molar-refractivity contribution >= 4 is 0 Å². The quantitative estimate of drug-likeness (QED) is 0.579. The smallest absolute Gasteiger partial charge is 0.0502 e. The SMILES string of the molecule is CC1(N)C=CC(=C2CCC2)C=C1. The van der Waals surface area contributed by atoms with E-state index in [4.69, 9.17) is 5.73 Å². The van der Waals surface area contributed by atoms with Crippen LogP contribution in [0.25, 0.3) is 0 Å². The largest absolute Gasteiger partial charge is 0.319 e. The molecule has 2 N–H and O–H groups in total. The zero-order chi connectivity index (χ0) is 8.60. The van der Waals surface area contributed by atoms with Crippen molar-refractivity contribution in [3.8, 4) is 0 Å². The van der Waals surface area contributed by atoms with Gasteiger partial charge in [-0.2, -0.15) is 0 Å². The number of hydrogen-bond acceptors (Lipinski definition) is 1. The Labute approximate surface area is 73.6 Å². The monoisotopic (exact) mass is 161 g/mol. The van der Waals surface area contributed by atoms with Gasteiger partial charge in [0.05, 0.1) is 5.54 Å². The highest BCUT2D eigenvalue weighted by Gasteiger charge is 2.17. The Morgan fingerprint density at radius 3 is 2.25 bits per heavy atom. The normalized spacial score (nSPS) is 33.8. The molecule has 12 heavy (non-hydrogen) atoms. The highest BCUT2D eigenvalue weighted by atomic mass is 14.7. The molecule has 2 rings (SSSR count). The fraction of sp³-hybridized carbons (Fsp3) is 0.455. The summed E-state index contributed by atoms with van der Waals surface area (Å²) in [6, 6.07) is 0. The Morgan fingerprint density at radius 1 is 1.25 bits per heavy atom. The Bertz CT molecular complexity index is 255. The maximum Gasteiger partial charge on any atom is 0.0502 e. The molecule has 2 aliphatic carbocycles. The van der Waals surface area contributed by atoms with E-state index in [0.29, 0.717) is 0 Å². The van der Waals surface area contributed by atoms with Crippen LogP contribution in [0.3, 0.4) is 0 Å². The summed E-state index contributed by atoms with van der Waals surface area (Å²) in [5, 5.41) is 0. The van der Waals surface area contributed by atoms with E-state index in [1.807, 2.05) is 6.92 Å². The molecular formula is C11H15N. The lowest BCUT2D eigenvalue weighted by molar-refractivity contribution is 0.654. The van der Waals surface area contributed by atoms with Crippen LogP contribution in [-0.4, -0.2) is 5.54 Å². The molecule has 0 unspecified atom stereocenters. The van der Waals surface area contributed by atoms with Crippen molar-refractivity contribution < 1.29 is 0 Å². The topological polar surface area (TPSA) is 26.0 Å². The summed E-state index contributed by atoms with van der Waals surface area (Å²) < 4.78 is 0. The second-order valence-corrected chi connectivity index (χ2v) is 3.95. The van der Waals surface area contributed by atoms with Crippen LogP contribution < -0.4 is 5.73 Å². The van der Waals surface area contributed by atoms with E-state index in [-0.39, 0.29) is 5.54 Å². The predicted octanol–water partition coefficient (Wildman–Crippen LogP) is 2.31. The average Bonchev–Trinajstić information content (AvgIpc) is 1.89. The molecule has 1 fully saturated rings. The van der Waals surface area contributed by atoms with Crippen LogP contribution >= 0.6 is 0 Å². The third-order valence-electron chi connectivity index (χ3n) is 2.61. The highest BCUT2D eigenvalue weighted by molar-refractivity contribution is 5.44. The first-order valence-electron chi connectivity index (χ1n) is 4.57. The van der Waals surface area contributed by atoms with E-state index < -0.39 is 0 Å². The van der Waals surface area contributed by atoms with Crippen LogP contribution in [0.15, 0.2) is 35.5 Å². The summed E-state index contributed by atoms with van der Waals surface area (Å²) in [6.07, 6.45) is 12.4. The van der Waals surface area contributed by atoms with Gasteiger partial charge in [0.25, 0.3) is 0 Å². The zero-order valence-electron chi connectivity index (χ0n) is 7.51. The van der Waals surface area contributed by atoms with Crippen LogP contribution in [0.5, 0.6) is 0 Å². The van der Waals surface area contributed by atoms with Crippen molar-refractivity contribution in [1.29, 1.82) is 0 Å². The lowest BCUT2D eigenvalue weighted by atomic mass is 9.84. The molecule has 0 aliphatic heterocycles. The van der Waals surface area contributed by atoms with E-state index in [9.17, 15) is 0 Å². The minimum absolute atomic E-state index is 0.228. The molecule has 1 heteroatoms. The van der Waals surface area contributed by atoms with Gasteiger partial charge in [-0.05, 0) is 31.8 Å². The van der Waals surface area contributed by atoms with Gasteiger partial charge in [-0.15, -0.1) is 0 Å². The van der Waals surface area contributed by atoms with Gasteiger partial charge in [0, 0.05) is 0 Å². The summed E-state index contributed by atoms with van der Waals surface area (Å²) in [5.41, 5.74) is 8.66. The van der Waals surface area contributed by atoms with Gasteiger partial charge in [-0.25, -0.2) is 0 Å². The highest BCUT2D eigenvalue weighted by Crippen LogP contribution is 2.31. The van der Waals surface area contributed by atoms with E-state index in [1.165, 1.54) is 24.8 Å². The summed E-state index contributed by atoms with van der Waals surface area (Å²) >= 11 is 0. The minimum atomic E-state index is -0.228. The molecule has 0 radical (unpaired) electrons. The Kier molecular flexibility index (Phi) is 1.69. The third-order valence-corrected chi connectivity index (χ3v) is 2.61. The number of hydrogen-bond donors (Lipinski definition) is 1. The van der Waals surface area contributed by atoms with E-state index in [0.717, 1.165) is 0 Å². The molecule has 0 aromatic heterocycles. The first kappa shape index (κ1) is 7.81. The molecule has 0 aromatic carbocycles. The maximum absolute atomic E-state index is 5.90. The standard InChI is InChI=1S/C11H15N/c1-11(12)7-5-10(6-8-11)9-3-2-4-9/h5-8H,2-4,12H2,1H3. The lowest BCUT2D eigenvalue weighted by Crippen LogP contribution is -2.32. The molecule has 0 aromatic rings. The first-order chi connectivity index (χ1) is 5.67. The van der Waals surface area contributed by atoms with Gasteiger partial charge in [0.1, 0.15) is 0 Å². The minimum Gasteiger partial charge on any atom is -0.319 e. The fourth-order valence-corrected chi connectivity index (χ4v) is 1.53. The number of rotatable bonds is 0. The van der Waals surface area contributed by atoms with Gasteiger partial charge in [0.15, 0.2) is 0 Å². The van der Waals surface area contributed by atoms with Crippen LogP contribution in [0.1, 0.15) is 26.2 Å². The summed E-state index contributed by atoms with van der Waals surface area (Å²) in [5.74, 6) is 0. The lowest BCUT2D eigenvalue weighted by Gasteiger charge is -2.24. The van der Waals surface area contributed by atoms with Crippen molar-refractivity contribution in [1.82, 2.24) is 0 Å². The molecule has 1 saturated carbocycles. The van der Waals surface area contributed by atoms with Crippen molar-refractivity contribution in [2.24, 2.45) is 5.73 Å². The van der Waals surface area contributed by atoms with Crippen LogP contribution in [-0.2, 0) is 0 Å². The van der Waals surface area contributed by atoms with Gasteiger partial charge in [0.2, 0.25) is 0 Å². The van der Waals surface area contributed by atoms with Gasteiger partial charge >= 0.3 is 0 Å². The Hall–Kier alpha value is -0.820. The molecule has 1 nitrogen and oxygen atoms in total. The predicted molar refractivity (Wildman–Crippen MR) is 51.7 cm³/mol. The summed E-state index contributed by atoms with van der Waals surface area (Å²) in [6.45, 7) is 2.02. The molecule has 0 bridgehead atoms. The van der Waals surface area contributed by atoms with Crippen molar-refractivity contribution in [3.63, 3.8) is 0 Å². The van der Waals surface area contributed by atoms with E-state index in [1.54, 1.807) is 5.57 Å². The Morgan fingerprint density at radius 2 is 1.83 bits per heavy atom. The van der Waals surface area contributed by atoms with Gasteiger partial charge < -0.3 is 5.73 Å². The molecule has 0 atom stereocenters. The molecule has 0 spiro atoms. The van der Waals surface area contributed by atoms with E-state index >= 15 is 0 Å². The Balaban J connectivity index is 2.21. The maximum atomic E-state index is 5.90. The molecule has 0 saturated heterocycles. The molecule has 0 heterocycles.